The van der Waals surface area contributed by atoms with Crippen molar-refractivity contribution in [1.82, 2.24) is 15.5 Å². The van der Waals surface area contributed by atoms with Crippen LogP contribution in [0, 0.1) is 0 Å². The quantitative estimate of drug-likeness (QED) is 0.857. The summed E-state index contributed by atoms with van der Waals surface area (Å²) in [5, 5.41) is 9.91. The molecule has 1 fully saturated rings. The van der Waals surface area contributed by atoms with Crippen molar-refractivity contribution >= 4 is 5.91 Å². The van der Waals surface area contributed by atoms with Crippen LogP contribution in [0.1, 0.15) is 47.4 Å². The van der Waals surface area contributed by atoms with Crippen LogP contribution in [0.3, 0.4) is 0 Å². The number of nitrogens with one attached hydrogen (secondary N) is 2. The van der Waals surface area contributed by atoms with Crippen LogP contribution in [0.2, 0.25) is 0 Å². The molecule has 2 N–H and O–H groups in total. The summed E-state index contributed by atoms with van der Waals surface area (Å²) in [6.07, 6.45) is 2.37. The SMILES string of the molecule is CCOc1ccccc1CNC(=O)c1cc(C2CC2)[nH]n1. The number of hydrogen-bond donors (Lipinski definition) is 2. The summed E-state index contributed by atoms with van der Waals surface area (Å²) in [6, 6.07) is 9.56. The molecule has 0 unspecified atom stereocenters. The van der Waals surface area contributed by atoms with Gasteiger partial charge in [-0.25, -0.2) is 0 Å². The van der Waals surface area contributed by atoms with E-state index in [-0.39, 0.29) is 5.91 Å². The van der Waals surface area contributed by atoms with E-state index in [9.17, 15) is 4.79 Å². The number of carbonyl (C=O) groups is 1. The smallest absolute Gasteiger partial charge is 0.272 e. The Labute approximate surface area is 123 Å². The fourth-order valence-electron chi connectivity index (χ4n) is 2.27. The van der Waals surface area contributed by atoms with Gasteiger partial charge in [-0.15, -0.1) is 0 Å². The summed E-state index contributed by atoms with van der Waals surface area (Å²) in [6.45, 7) is 2.98. The highest BCUT2D eigenvalue weighted by Gasteiger charge is 2.26. The molecule has 3 rings (SSSR count). The first kappa shape index (κ1) is 13.7. The maximum atomic E-state index is 12.1. The summed E-state index contributed by atoms with van der Waals surface area (Å²) in [4.78, 5) is 12.1. The molecule has 0 radical (unpaired) electrons. The zero-order valence-electron chi connectivity index (χ0n) is 12.1. The summed E-state index contributed by atoms with van der Waals surface area (Å²) >= 11 is 0. The molecule has 1 aromatic carbocycles. The third kappa shape index (κ3) is 3.24. The van der Waals surface area contributed by atoms with Crippen LogP contribution < -0.4 is 10.1 Å². The number of amides is 1. The Bertz CT molecular complexity index is 632. The van der Waals surface area contributed by atoms with E-state index in [2.05, 4.69) is 15.5 Å². The van der Waals surface area contributed by atoms with Crippen molar-refractivity contribution in [2.75, 3.05) is 6.61 Å². The van der Waals surface area contributed by atoms with Crippen molar-refractivity contribution in [1.29, 1.82) is 0 Å². The Morgan fingerprint density at radius 3 is 3.00 bits per heavy atom. The molecule has 21 heavy (non-hydrogen) atoms. The lowest BCUT2D eigenvalue weighted by molar-refractivity contribution is 0.0945. The third-order valence-electron chi connectivity index (χ3n) is 3.56. The molecule has 2 aromatic rings. The van der Waals surface area contributed by atoms with Crippen LogP contribution in [-0.2, 0) is 6.54 Å². The summed E-state index contributed by atoms with van der Waals surface area (Å²) < 4.78 is 5.55. The molecular formula is C16H19N3O2. The van der Waals surface area contributed by atoms with Gasteiger partial charge in [0.2, 0.25) is 0 Å². The molecule has 0 aliphatic heterocycles. The third-order valence-corrected chi connectivity index (χ3v) is 3.56. The van der Waals surface area contributed by atoms with Crippen molar-refractivity contribution in [3.63, 3.8) is 0 Å². The van der Waals surface area contributed by atoms with Crippen molar-refractivity contribution in [2.45, 2.75) is 32.2 Å². The first-order valence-corrected chi connectivity index (χ1v) is 7.32. The van der Waals surface area contributed by atoms with Gasteiger partial charge >= 0.3 is 0 Å². The number of hydrogen-bond acceptors (Lipinski definition) is 3. The fraction of sp³-hybridized carbons (Fsp3) is 0.375. The fourth-order valence-corrected chi connectivity index (χ4v) is 2.27. The molecule has 0 spiro atoms. The van der Waals surface area contributed by atoms with Crippen LogP contribution in [0.25, 0.3) is 0 Å². The number of aromatic nitrogens is 2. The highest BCUT2D eigenvalue weighted by atomic mass is 16.5. The van der Waals surface area contributed by atoms with E-state index in [1.807, 2.05) is 37.3 Å². The molecule has 0 bridgehead atoms. The predicted molar refractivity (Wildman–Crippen MR) is 79.3 cm³/mol. The maximum Gasteiger partial charge on any atom is 0.272 e. The van der Waals surface area contributed by atoms with Gasteiger partial charge in [0.25, 0.3) is 5.91 Å². The van der Waals surface area contributed by atoms with E-state index in [0.717, 1.165) is 17.0 Å². The highest BCUT2D eigenvalue weighted by molar-refractivity contribution is 5.92. The first-order valence-electron chi connectivity index (χ1n) is 7.32. The number of rotatable bonds is 6. The summed E-state index contributed by atoms with van der Waals surface area (Å²) in [5.74, 6) is 1.21. The number of benzene rings is 1. The van der Waals surface area contributed by atoms with E-state index in [4.69, 9.17) is 4.74 Å². The normalized spacial score (nSPS) is 14.0. The Morgan fingerprint density at radius 2 is 2.24 bits per heavy atom. The zero-order valence-corrected chi connectivity index (χ0v) is 12.1. The molecule has 5 heteroatoms. The van der Waals surface area contributed by atoms with Crippen molar-refractivity contribution in [3.05, 3.63) is 47.3 Å². The molecule has 1 heterocycles. The zero-order chi connectivity index (χ0) is 14.7. The van der Waals surface area contributed by atoms with E-state index in [1.165, 1.54) is 12.8 Å². The first-order chi connectivity index (χ1) is 10.3. The molecule has 0 atom stereocenters. The molecule has 1 amide bonds. The summed E-state index contributed by atoms with van der Waals surface area (Å²) in [7, 11) is 0. The number of para-hydroxylation sites is 1. The highest BCUT2D eigenvalue weighted by Crippen LogP contribution is 2.38. The van der Waals surface area contributed by atoms with E-state index < -0.39 is 0 Å². The topological polar surface area (TPSA) is 67.0 Å². The monoisotopic (exact) mass is 285 g/mol. The van der Waals surface area contributed by atoms with Crippen LogP contribution in [0.15, 0.2) is 30.3 Å². The minimum absolute atomic E-state index is 0.163. The average Bonchev–Trinajstić information content (AvgIpc) is 3.24. The van der Waals surface area contributed by atoms with Gasteiger partial charge in [0, 0.05) is 23.7 Å². The molecule has 1 aliphatic carbocycles. The Morgan fingerprint density at radius 1 is 1.43 bits per heavy atom. The number of nitrogens with zero attached hydrogens (tertiary/aromatic N) is 1. The Hall–Kier alpha value is -2.30. The van der Waals surface area contributed by atoms with Gasteiger partial charge in [0.05, 0.1) is 6.61 Å². The molecule has 1 aromatic heterocycles. The van der Waals surface area contributed by atoms with Gasteiger partial charge in [0.1, 0.15) is 11.4 Å². The lowest BCUT2D eigenvalue weighted by atomic mass is 10.2. The van der Waals surface area contributed by atoms with Crippen molar-refractivity contribution in [2.24, 2.45) is 0 Å². The van der Waals surface area contributed by atoms with E-state index >= 15 is 0 Å². The Kier molecular flexibility index (Phi) is 3.90. The van der Waals surface area contributed by atoms with Gasteiger partial charge in [-0.3, -0.25) is 9.89 Å². The lowest BCUT2D eigenvalue weighted by Crippen LogP contribution is -2.23. The van der Waals surface area contributed by atoms with Gasteiger partial charge < -0.3 is 10.1 Å². The van der Waals surface area contributed by atoms with Crippen molar-refractivity contribution in [3.8, 4) is 5.75 Å². The standard InChI is InChI=1S/C16H19N3O2/c1-2-21-15-6-4-3-5-12(15)10-17-16(20)14-9-13(18-19-14)11-7-8-11/h3-6,9,11H,2,7-8,10H2,1H3,(H,17,20)(H,18,19). The molecule has 1 saturated carbocycles. The second-order valence-electron chi connectivity index (χ2n) is 5.21. The van der Waals surface area contributed by atoms with Gasteiger partial charge in [-0.2, -0.15) is 5.10 Å². The molecular weight excluding hydrogens is 266 g/mol. The van der Waals surface area contributed by atoms with Crippen molar-refractivity contribution < 1.29 is 9.53 Å². The maximum absolute atomic E-state index is 12.1. The minimum atomic E-state index is -0.163. The average molecular weight is 285 g/mol. The van der Waals surface area contributed by atoms with Crippen LogP contribution in [0.4, 0.5) is 0 Å². The number of H-pyrrole nitrogens is 1. The van der Waals surface area contributed by atoms with E-state index in [1.54, 1.807) is 0 Å². The minimum Gasteiger partial charge on any atom is -0.494 e. The lowest BCUT2D eigenvalue weighted by Gasteiger charge is -2.10. The van der Waals surface area contributed by atoms with Crippen LogP contribution >= 0.6 is 0 Å². The Balaban J connectivity index is 1.62. The number of carbonyl (C=O) groups excluding carboxylic acids is 1. The van der Waals surface area contributed by atoms with Crippen LogP contribution in [-0.4, -0.2) is 22.7 Å². The van der Waals surface area contributed by atoms with Gasteiger partial charge in [-0.1, -0.05) is 18.2 Å². The predicted octanol–water partition coefficient (Wildman–Crippen LogP) is 2.62. The number of aromatic amines is 1. The van der Waals surface area contributed by atoms with Gasteiger partial charge in [-0.05, 0) is 31.9 Å². The largest absolute Gasteiger partial charge is 0.494 e. The van der Waals surface area contributed by atoms with Gasteiger partial charge in [0.15, 0.2) is 0 Å². The van der Waals surface area contributed by atoms with E-state index in [0.29, 0.717) is 24.8 Å². The molecule has 110 valence electrons. The second-order valence-corrected chi connectivity index (χ2v) is 5.21. The molecule has 0 saturated heterocycles. The summed E-state index contributed by atoms with van der Waals surface area (Å²) in [5.41, 5.74) is 2.48. The molecule has 1 aliphatic rings. The molecule has 5 nitrogen and oxygen atoms in total. The van der Waals surface area contributed by atoms with Crippen LogP contribution in [0.5, 0.6) is 5.75 Å². The number of ether oxygens (including phenoxy) is 1. The second kappa shape index (κ2) is 5.99.